The lowest BCUT2D eigenvalue weighted by Gasteiger charge is -2.30. The minimum absolute atomic E-state index is 0.596. The molecule has 2 fully saturated rings. The fourth-order valence-corrected chi connectivity index (χ4v) is 3.42. The van der Waals surface area contributed by atoms with Gasteiger partial charge in [0, 0.05) is 18.3 Å². The maximum atomic E-state index is 4.71. The molecule has 4 heteroatoms. The Bertz CT molecular complexity index is 412. The fourth-order valence-electron chi connectivity index (χ4n) is 3.42. The van der Waals surface area contributed by atoms with Crippen LogP contribution >= 0.6 is 0 Å². The number of hydrogen-bond acceptors (Lipinski definition) is 3. The molecule has 0 atom stereocenters. The first kappa shape index (κ1) is 13.0. The third kappa shape index (κ3) is 2.94. The van der Waals surface area contributed by atoms with E-state index in [1.165, 1.54) is 51.6 Å². The van der Waals surface area contributed by atoms with Crippen molar-refractivity contribution in [2.75, 3.05) is 25.5 Å². The van der Waals surface area contributed by atoms with E-state index >= 15 is 0 Å². The van der Waals surface area contributed by atoms with Crippen LogP contribution in [0.15, 0.2) is 6.20 Å². The van der Waals surface area contributed by atoms with E-state index in [2.05, 4.69) is 35.0 Å². The number of imidazole rings is 1. The van der Waals surface area contributed by atoms with Crippen LogP contribution in [0, 0.1) is 6.92 Å². The maximum Gasteiger partial charge on any atom is 0.203 e. The standard InChI is InChI=1S/C15H26N4/c1-12-11-19(14-5-3-4-6-14)15(16-12)17-13-7-9-18(2)10-8-13/h11,13-14H,3-10H2,1-2H3,(H,16,17). The summed E-state index contributed by atoms with van der Waals surface area (Å²) in [6.07, 6.45) is 10.1. The topological polar surface area (TPSA) is 33.1 Å². The number of hydrogen-bond donors (Lipinski definition) is 1. The largest absolute Gasteiger partial charge is 0.353 e. The average molecular weight is 262 g/mol. The number of nitrogens with zero attached hydrogens (tertiary/aromatic N) is 3. The molecule has 0 unspecified atom stereocenters. The molecule has 2 aliphatic rings. The highest BCUT2D eigenvalue weighted by molar-refractivity contribution is 5.31. The summed E-state index contributed by atoms with van der Waals surface area (Å²) in [5.41, 5.74) is 1.14. The normalized spacial score (nSPS) is 23.1. The molecule has 1 aliphatic carbocycles. The summed E-state index contributed by atoms with van der Waals surface area (Å²) in [5, 5.41) is 3.69. The van der Waals surface area contributed by atoms with Crippen molar-refractivity contribution in [3.63, 3.8) is 0 Å². The summed E-state index contributed by atoms with van der Waals surface area (Å²) in [6, 6.07) is 1.27. The highest BCUT2D eigenvalue weighted by Gasteiger charge is 2.23. The SMILES string of the molecule is Cc1cn(C2CCCC2)c(NC2CCN(C)CC2)n1. The highest BCUT2D eigenvalue weighted by Crippen LogP contribution is 2.32. The van der Waals surface area contributed by atoms with E-state index < -0.39 is 0 Å². The number of aromatic nitrogens is 2. The number of piperidine rings is 1. The van der Waals surface area contributed by atoms with Gasteiger partial charge in [0.05, 0.1) is 5.69 Å². The molecule has 0 amide bonds. The fraction of sp³-hybridized carbons (Fsp3) is 0.800. The Morgan fingerprint density at radius 2 is 1.84 bits per heavy atom. The van der Waals surface area contributed by atoms with Crippen LogP contribution in [-0.2, 0) is 0 Å². The zero-order valence-corrected chi connectivity index (χ0v) is 12.2. The second-order valence-corrected chi connectivity index (χ2v) is 6.27. The van der Waals surface area contributed by atoms with Crippen LogP contribution in [0.25, 0.3) is 0 Å². The smallest absolute Gasteiger partial charge is 0.203 e. The van der Waals surface area contributed by atoms with Crippen LogP contribution in [0.3, 0.4) is 0 Å². The van der Waals surface area contributed by atoms with Crippen LogP contribution in [0.4, 0.5) is 5.95 Å². The lowest BCUT2D eigenvalue weighted by atomic mass is 10.1. The van der Waals surface area contributed by atoms with Crippen LogP contribution in [0.5, 0.6) is 0 Å². The Balaban J connectivity index is 1.69. The molecule has 1 aromatic rings. The predicted octanol–water partition coefficient (Wildman–Crippen LogP) is 2.81. The first-order valence-electron chi connectivity index (χ1n) is 7.73. The molecule has 19 heavy (non-hydrogen) atoms. The van der Waals surface area contributed by atoms with Crippen molar-refractivity contribution in [1.29, 1.82) is 0 Å². The quantitative estimate of drug-likeness (QED) is 0.909. The Hall–Kier alpha value is -1.03. The van der Waals surface area contributed by atoms with E-state index in [-0.39, 0.29) is 0 Å². The van der Waals surface area contributed by atoms with Crippen LogP contribution < -0.4 is 5.32 Å². The first-order valence-corrected chi connectivity index (χ1v) is 7.73. The second kappa shape index (κ2) is 5.53. The maximum absolute atomic E-state index is 4.71. The zero-order valence-electron chi connectivity index (χ0n) is 12.2. The van der Waals surface area contributed by atoms with E-state index in [0.29, 0.717) is 12.1 Å². The van der Waals surface area contributed by atoms with Gasteiger partial charge in [0.25, 0.3) is 0 Å². The van der Waals surface area contributed by atoms with Gasteiger partial charge >= 0.3 is 0 Å². The molecular weight excluding hydrogens is 236 g/mol. The van der Waals surface area contributed by atoms with Crippen molar-refractivity contribution >= 4 is 5.95 Å². The summed E-state index contributed by atoms with van der Waals surface area (Å²) < 4.78 is 2.40. The minimum atomic E-state index is 0.596. The van der Waals surface area contributed by atoms with Gasteiger partial charge in [-0.25, -0.2) is 4.98 Å². The van der Waals surface area contributed by atoms with Gasteiger partial charge in [-0.15, -0.1) is 0 Å². The number of rotatable bonds is 3. The predicted molar refractivity (Wildman–Crippen MR) is 78.6 cm³/mol. The summed E-state index contributed by atoms with van der Waals surface area (Å²) in [6.45, 7) is 4.49. The third-order valence-corrected chi connectivity index (χ3v) is 4.62. The lowest BCUT2D eigenvalue weighted by Crippen LogP contribution is -2.37. The van der Waals surface area contributed by atoms with Gasteiger partial charge in [0.2, 0.25) is 5.95 Å². The average Bonchev–Trinajstić information content (AvgIpc) is 3.01. The van der Waals surface area contributed by atoms with Crippen molar-refractivity contribution in [1.82, 2.24) is 14.5 Å². The molecule has 0 aromatic carbocycles. The summed E-state index contributed by atoms with van der Waals surface area (Å²) >= 11 is 0. The number of likely N-dealkylation sites (tertiary alicyclic amines) is 1. The second-order valence-electron chi connectivity index (χ2n) is 6.27. The molecule has 1 saturated carbocycles. The molecule has 4 nitrogen and oxygen atoms in total. The minimum Gasteiger partial charge on any atom is -0.353 e. The van der Waals surface area contributed by atoms with Gasteiger partial charge in [-0.2, -0.15) is 0 Å². The van der Waals surface area contributed by atoms with Gasteiger partial charge in [-0.3, -0.25) is 0 Å². The number of anilines is 1. The first-order chi connectivity index (χ1) is 9.22. The number of nitrogens with one attached hydrogen (secondary N) is 1. The zero-order chi connectivity index (χ0) is 13.2. The molecule has 0 radical (unpaired) electrons. The van der Waals surface area contributed by atoms with E-state index in [4.69, 9.17) is 4.98 Å². The Labute approximate surface area is 116 Å². The van der Waals surface area contributed by atoms with Gasteiger partial charge in [-0.1, -0.05) is 12.8 Å². The van der Waals surface area contributed by atoms with Crippen molar-refractivity contribution in [2.24, 2.45) is 0 Å². The summed E-state index contributed by atoms with van der Waals surface area (Å²) in [5.74, 6) is 1.11. The van der Waals surface area contributed by atoms with Gasteiger partial charge in [0.15, 0.2) is 0 Å². The van der Waals surface area contributed by atoms with E-state index in [1.54, 1.807) is 0 Å². The molecule has 3 rings (SSSR count). The van der Waals surface area contributed by atoms with Crippen LogP contribution in [0.1, 0.15) is 50.3 Å². The summed E-state index contributed by atoms with van der Waals surface area (Å²) in [7, 11) is 2.21. The Morgan fingerprint density at radius 3 is 2.53 bits per heavy atom. The molecule has 1 saturated heterocycles. The van der Waals surface area contributed by atoms with Crippen molar-refractivity contribution < 1.29 is 0 Å². The molecule has 0 bridgehead atoms. The van der Waals surface area contributed by atoms with Gasteiger partial charge in [0.1, 0.15) is 0 Å². The molecule has 1 aliphatic heterocycles. The highest BCUT2D eigenvalue weighted by atomic mass is 15.2. The van der Waals surface area contributed by atoms with Crippen molar-refractivity contribution in [3.8, 4) is 0 Å². The molecule has 2 heterocycles. The molecular formula is C15H26N4. The van der Waals surface area contributed by atoms with Crippen LogP contribution in [0.2, 0.25) is 0 Å². The van der Waals surface area contributed by atoms with Gasteiger partial charge < -0.3 is 14.8 Å². The Kier molecular flexibility index (Phi) is 3.78. The number of aryl methyl sites for hydroxylation is 1. The lowest BCUT2D eigenvalue weighted by molar-refractivity contribution is 0.263. The molecule has 1 N–H and O–H groups in total. The van der Waals surface area contributed by atoms with Gasteiger partial charge in [-0.05, 0) is 52.7 Å². The molecule has 1 aromatic heterocycles. The third-order valence-electron chi connectivity index (χ3n) is 4.62. The molecule has 106 valence electrons. The van der Waals surface area contributed by atoms with Crippen molar-refractivity contribution in [2.45, 2.75) is 57.5 Å². The molecule has 0 spiro atoms. The summed E-state index contributed by atoms with van der Waals surface area (Å²) in [4.78, 5) is 7.12. The Morgan fingerprint density at radius 1 is 1.16 bits per heavy atom. The van der Waals surface area contributed by atoms with Crippen molar-refractivity contribution in [3.05, 3.63) is 11.9 Å². The van der Waals surface area contributed by atoms with E-state index in [1.807, 2.05) is 0 Å². The van der Waals surface area contributed by atoms with Crippen LogP contribution in [-0.4, -0.2) is 40.6 Å². The van der Waals surface area contributed by atoms with E-state index in [0.717, 1.165) is 11.6 Å². The van der Waals surface area contributed by atoms with E-state index in [9.17, 15) is 0 Å². The monoisotopic (exact) mass is 262 g/mol.